The lowest BCUT2D eigenvalue weighted by Gasteiger charge is -2.19. The van der Waals surface area contributed by atoms with E-state index in [0.29, 0.717) is 0 Å². The third kappa shape index (κ3) is 32.2. The van der Waals surface area contributed by atoms with Crippen molar-refractivity contribution >= 4 is 7.26 Å². The van der Waals surface area contributed by atoms with E-state index in [1.165, 1.54) is 147 Å². The van der Waals surface area contributed by atoms with Crippen molar-refractivity contribution in [1.29, 1.82) is 0 Å². The van der Waals surface area contributed by atoms with Crippen molar-refractivity contribution in [3.8, 4) is 0 Å². The lowest BCUT2D eigenvalue weighted by Crippen LogP contribution is -2.19. The molecule has 0 amide bonds. The molecule has 0 aliphatic carbocycles. The molecule has 0 aromatic rings. The highest BCUT2D eigenvalue weighted by molar-refractivity contribution is 7.73. The van der Waals surface area contributed by atoms with Gasteiger partial charge in [-0.2, -0.15) is 0 Å². The third-order valence-corrected chi connectivity index (χ3v) is 8.94. The first-order valence-corrected chi connectivity index (χ1v) is 20.0. The molecular weight excluding hydrogens is 471 g/mol. The molecule has 0 radical (unpaired) electrons. The molecule has 0 aromatic heterocycles. The number of rotatable bonds is 30. The minimum absolute atomic E-state index is 0.0189. The molecule has 0 N–H and O–H groups in total. The summed E-state index contributed by atoms with van der Waals surface area (Å²) in [6, 6.07) is 0. The molecule has 0 saturated carbocycles. The van der Waals surface area contributed by atoms with Gasteiger partial charge in [-0.3, -0.25) is 0 Å². The van der Waals surface area contributed by atoms with Gasteiger partial charge in [0.1, 0.15) is 0 Å². The maximum Gasteiger partial charge on any atom is 0.157 e. The van der Waals surface area contributed by atoms with E-state index < -0.39 is 7.26 Å². The van der Waals surface area contributed by atoms with Crippen LogP contribution in [-0.4, -0.2) is 45.7 Å². The molecule has 0 aliphatic rings. The predicted molar refractivity (Wildman–Crippen MR) is 172 cm³/mol. The van der Waals surface area contributed by atoms with Crippen LogP contribution in [0.3, 0.4) is 0 Å². The average Bonchev–Trinajstić information content (AvgIpc) is 2.86. The number of ether oxygens (including phenoxy) is 2. The number of unbranched alkanes of at least 4 members (excludes halogenated alkanes) is 18. The van der Waals surface area contributed by atoms with E-state index in [1.807, 2.05) is 0 Å². The van der Waals surface area contributed by atoms with Crippen molar-refractivity contribution < 1.29 is 9.47 Å². The van der Waals surface area contributed by atoms with Gasteiger partial charge >= 0.3 is 0 Å². The predicted octanol–water partition coefficient (Wildman–Crippen LogP) is 11.8. The highest BCUT2D eigenvalue weighted by Crippen LogP contribution is 2.47. The highest BCUT2D eigenvalue weighted by Gasteiger charge is 2.15. The van der Waals surface area contributed by atoms with Crippen molar-refractivity contribution in [2.45, 2.75) is 168 Å². The molecule has 222 valence electrons. The van der Waals surface area contributed by atoms with Crippen LogP contribution in [0.5, 0.6) is 0 Å². The zero-order valence-electron chi connectivity index (χ0n) is 26.4. The monoisotopic (exact) mass is 542 g/mol. The van der Waals surface area contributed by atoms with Crippen LogP contribution < -0.4 is 0 Å². The summed E-state index contributed by atoms with van der Waals surface area (Å²) in [4.78, 5) is 0. The summed E-state index contributed by atoms with van der Waals surface area (Å²) in [5.41, 5.74) is 0. The molecule has 0 spiro atoms. The molecule has 0 unspecified atom stereocenters. The lowest BCUT2D eigenvalue weighted by atomic mass is 10.1. The quantitative estimate of drug-likeness (QED) is 0.0389. The van der Waals surface area contributed by atoms with Gasteiger partial charge in [-0.25, -0.2) is 0 Å². The number of hydrogen-bond acceptors (Lipinski definition) is 2. The first-order chi connectivity index (χ1) is 18.0. The molecule has 2 nitrogen and oxygen atoms in total. The number of allylic oxidation sites excluding steroid dienone is 2. The summed E-state index contributed by atoms with van der Waals surface area (Å²) in [6.07, 6.45) is 36.6. The Kier molecular flexibility index (Phi) is 29.2. The molecule has 0 atom stereocenters. The summed E-state index contributed by atoms with van der Waals surface area (Å²) in [7, 11) is -0.593. The van der Waals surface area contributed by atoms with Crippen molar-refractivity contribution in [3.05, 3.63) is 12.2 Å². The van der Waals surface area contributed by atoms with E-state index >= 15 is 0 Å². The third-order valence-electron chi connectivity index (χ3n) is 7.28. The van der Waals surface area contributed by atoms with Crippen LogP contribution in [0.2, 0.25) is 0 Å². The molecule has 37 heavy (non-hydrogen) atoms. The van der Waals surface area contributed by atoms with Gasteiger partial charge in [0.25, 0.3) is 0 Å². The molecule has 0 aliphatic heterocycles. The summed E-state index contributed by atoms with van der Waals surface area (Å²) in [6.45, 7) is 13.7. The molecule has 3 heteroatoms. The zero-order chi connectivity index (χ0) is 27.3. The van der Waals surface area contributed by atoms with E-state index in [1.54, 1.807) is 0 Å². The topological polar surface area (TPSA) is 18.5 Å². The maximum absolute atomic E-state index is 6.23. The standard InChI is InChI=1S/C34H70O2P/c1-6-8-10-12-14-19-23-27-31-35-34(36-32-28-24-20-15-13-11-9-7-2)30-26-22-18-16-17-21-25-29-33-37(3,4)5/h17,21,34H,6-16,18-20,22-33H2,1-5H3/q+1/b21-17-. The lowest BCUT2D eigenvalue weighted by molar-refractivity contribution is -0.148. The van der Waals surface area contributed by atoms with Crippen LogP contribution in [0.1, 0.15) is 162 Å². The van der Waals surface area contributed by atoms with Crippen molar-refractivity contribution in [2.75, 3.05) is 39.4 Å². The van der Waals surface area contributed by atoms with E-state index in [0.717, 1.165) is 19.6 Å². The Hall–Kier alpha value is 0.0900. The average molecular weight is 542 g/mol. The second kappa shape index (κ2) is 29.1. The molecule has 0 heterocycles. The van der Waals surface area contributed by atoms with Crippen LogP contribution in [0.4, 0.5) is 0 Å². The van der Waals surface area contributed by atoms with Crippen LogP contribution >= 0.6 is 7.26 Å². The first kappa shape index (κ1) is 37.1. The summed E-state index contributed by atoms with van der Waals surface area (Å²) >= 11 is 0. The Balaban J connectivity index is 3.96. The fourth-order valence-electron chi connectivity index (χ4n) is 4.79. The van der Waals surface area contributed by atoms with Gasteiger partial charge in [-0.1, -0.05) is 122 Å². The summed E-state index contributed by atoms with van der Waals surface area (Å²) in [5.74, 6) is 0. The molecule has 0 saturated heterocycles. The van der Waals surface area contributed by atoms with E-state index in [-0.39, 0.29) is 6.29 Å². The molecule has 0 rings (SSSR count). The Morgan fingerprint density at radius 3 is 1.35 bits per heavy atom. The fourth-order valence-corrected chi connectivity index (χ4v) is 5.92. The zero-order valence-corrected chi connectivity index (χ0v) is 27.3. The summed E-state index contributed by atoms with van der Waals surface area (Å²) < 4.78 is 12.5. The van der Waals surface area contributed by atoms with Gasteiger partial charge in [0.2, 0.25) is 0 Å². The SMILES string of the molecule is CCCCCCCCCCOC(CCCCC/C=C\CCC[P+](C)(C)C)OCCCCCCCCCC. The van der Waals surface area contributed by atoms with E-state index in [4.69, 9.17) is 9.47 Å². The molecular formula is C34H70O2P+. The minimum Gasteiger partial charge on any atom is -0.353 e. The van der Waals surface area contributed by atoms with Gasteiger partial charge < -0.3 is 9.47 Å². The Labute approximate surface area is 235 Å². The van der Waals surface area contributed by atoms with Gasteiger partial charge in [0, 0.05) is 40.5 Å². The smallest absolute Gasteiger partial charge is 0.157 e. The van der Waals surface area contributed by atoms with Gasteiger partial charge in [0.15, 0.2) is 6.29 Å². The van der Waals surface area contributed by atoms with Gasteiger partial charge in [-0.15, -0.1) is 0 Å². The van der Waals surface area contributed by atoms with Crippen molar-refractivity contribution in [3.63, 3.8) is 0 Å². The minimum atomic E-state index is -0.593. The number of hydrogen-bond donors (Lipinski definition) is 0. The molecule has 0 aromatic carbocycles. The van der Waals surface area contributed by atoms with E-state index in [2.05, 4.69) is 46.0 Å². The van der Waals surface area contributed by atoms with Crippen molar-refractivity contribution in [1.82, 2.24) is 0 Å². The normalized spacial score (nSPS) is 12.4. The Bertz CT molecular complexity index is 435. The fraction of sp³-hybridized carbons (Fsp3) is 0.941. The van der Waals surface area contributed by atoms with Gasteiger partial charge in [-0.05, 0) is 51.4 Å². The van der Waals surface area contributed by atoms with Crippen molar-refractivity contribution in [2.24, 2.45) is 0 Å². The second-order valence-corrected chi connectivity index (χ2v) is 17.4. The largest absolute Gasteiger partial charge is 0.353 e. The van der Waals surface area contributed by atoms with Crippen LogP contribution in [0.25, 0.3) is 0 Å². The van der Waals surface area contributed by atoms with Crippen LogP contribution in [0, 0.1) is 0 Å². The first-order valence-electron chi connectivity index (χ1n) is 16.7. The van der Waals surface area contributed by atoms with Gasteiger partial charge in [0.05, 0.1) is 6.16 Å². The maximum atomic E-state index is 6.23. The molecule has 0 fully saturated rings. The summed E-state index contributed by atoms with van der Waals surface area (Å²) in [5, 5.41) is 0. The molecule has 0 bridgehead atoms. The van der Waals surface area contributed by atoms with Crippen LogP contribution in [-0.2, 0) is 9.47 Å². The van der Waals surface area contributed by atoms with Crippen LogP contribution in [0.15, 0.2) is 12.2 Å². The second-order valence-electron chi connectivity index (χ2n) is 12.4. The Morgan fingerprint density at radius 2 is 0.892 bits per heavy atom. The van der Waals surface area contributed by atoms with E-state index in [9.17, 15) is 0 Å². The Morgan fingerprint density at radius 1 is 0.486 bits per heavy atom. The highest BCUT2D eigenvalue weighted by atomic mass is 31.2.